The van der Waals surface area contributed by atoms with Gasteiger partial charge in [0, 0.05) is 30.0 Å². The lowest BCUT2D eigenvalue weighted by Crippen LogP contribution is -2.13. The Morgan fingerprint density at radius 2 is 1.76 bits per heavy atom. The molecule has 10 heteroatoms. The second kappa shape index (κ2) is 10.1. The van der Waals surface area contributed by atoms with Gasteiger partial charge in [0.25, 0.3) is 11.6 Å². The van der Waals surface area contributed by atoms with E-state index < -0.39 is 4.92 Å². The molecule has 0 atom stereocenters. The van der Waals surface area contributed by atoms with E-state index in [4.69, 9.17) is 16.3 Å². The fourth-order valence-corrected chi connectivity index (χ4v) is 3.34. The van der Waals surface area contributed by atoms with E-state index in [0.717, 1.165) is 11.1 Å². The number of nitro groups is 1. The summed E-state index contributed by atoms with van der Waals surface area (Å²) in [7, 11) is 0. The predicted octanol–water partition coefficient (Wildman–Crippen LogP) is 5.46. The molecule has 1 heterocycles. The normalized spacial score (nSPS) is 10.6. The Morgan fingerprint density at radius 1 is 1.06 bits per heavy atom. The van der Waals surface area contributed by atoms with Crippen molar-refractivity contribution in [3.63, 3.8) is 0 Å². The maximum Gasteiger partial charge on any atom is 0.271 e. The van der Waals surface area contributed by atoms with Crippen molar-refractivity contribution < 1.29 is 18.8 Å². The number of carbonyl (C=O) groups is 1. The summed E-state index contributed by atoms with van der Waals surface area (Å²) < 4.78 is 20.3. The van der Waals surface area contributed by atoms with Gasteiger partial charge >= 0.3 is 0 Å². The van der Waals surface area contributed by atoms with Gasteiger partial charge in [0.15, 0.2) is 5.82 Å². The number of nitrogens with zero attached hydrogens (tertiary/aromatic N) is 3. The maximum atomic E-state index is 13.0. The summed E-state index contributed by atoms with van der Waals surface area (Å²) in [5, 5.41) is 18.0. The molecule has 0 saturated carbocycles. The van der Waals surface area contributed by atoms with E-state index in [1.54, 1.807) is 53.3 Å². The van der Waals surface area contributed by atoms with Crippen LogP contribution >= 0.6 is 11.6 Å². The van der Waals surface area contributed by atoms with E-state index in [-0.39, 0.29) is 29.0 Å². The largest absolute Gasteiger partial charge is 0.487 e. The van der Waals surface area contributed by atoms with Gasteiger partial charge in [0.05, 0.1) is 16.5 Å². The van der Waals surface area contributed by atoms with Crippen molar-refractivity contribution in [3.05, 3.63) is 117 Å². The van der Waals surface area contributed by atoms with Gasteiger partial charge in [-0.1, -0.05) is 35.9 Å². The Kier molecular flexibility index (Phi) is 6.84. The number of aromatic nitrogens is 2. The topological polar surface area (TPSA) is 99.3 Å². The van der Waals surface area contributed by atoms with Gasteiger partial charge < -0.3 is 10.1 Å². The lowest BCUT2D eigenvalue weighted by molar-refractivity contribution is -0.384. The van der Waals surface area contributed by atoms with E-state index in [0.29, 0.717) is 23.7 Å². The van der Waals surface area contributed by atoms with Crippen molar-refractivity contribution in [2.45, 2.75) is 13.2 Å². The first-order valence-electron chi connectivity index (χ1n) is 10.1. The van der Waals surface area contributed by atoms with Crippen LogP contribution < -0.4 is 10.1 Å². The zero-order valence-corrected chi connectivity index (χ0v) is 18.4. The van der Waals surface area contributed by atoms with Gasteiger partial charge in [-0.05, 0) is 41.5 Å². The SMILES string of the molecule is O=C(Nc1ccn(Cc2ccc(F)cc2)n1)c1ccc(COc2ccc([N+](=O)[O-])cc2Cl)cc1. The molecule has 1 amide bonds. The molecule has 0 bridgehead atoms. The smallest absolute Gasteiger partial charge is 0.271 e. The van der Waals surface area contributed by atoms with Crippen molar-refractivity contribution >= 4 is 29.0 Å². The molecule has 0 aliphatic rings. The van der Waals surface area contributed by atoms with Crippen LogP contribution in [0.3, 0.4) is 0 Å². The average Bonchev–Trinajstić information content (AvgIpc) is 3.26. The van der Waals surface area contributed by atoms with E-state index in [2.05, 4.69) is 10.4 Å². The first-order valence-corrected chi connectivity index (χ1v) is 10.5. The van der Waals surface area contributed by atoms with Crippen LogP contribution in [-0.4, -0.2) is 20.6 Å². The summed E-state index contributed by atoms with van der Waals surface area (Å²) in [6.45, 7) is 0.622. The van der Waals surface area contributed by atoms with Crippen LogP contribution in [0.5, 0.6) is 5.75 Å². The Morgan fingerprint density at radius 3 is 2.44 bits per heavy atom. The van der Waals surface area contributed by atoms with Crippen LogP contribution in [0.25, 0.3) is 0 Å². The third-order valence-electron chi connectivity index (χ3n) is 4.88. The molecule has 0 saturated heterocycles. The van der Waals surface area contributed by atoms with Crippen LogP contribution in [0.2, 0.25) is 5.02 Å². The number of carbonyl (C=O) groups excluding carboxylic acids is 1. The van der Waals surface area contributed by atoms with E-state index in [1.165, 1.54) is 30.3 Å². The Hall–Kier alpha value is -4.24. The fraction of sp³-hybridized carbons (Fsp3) is 0.0833. The molecule has 0 unspecified atom stereocenters. The molecule has 4 rings (SSSR count). The van der Waals surface area contributed by atoms with Crippen LogP contribution in [0.1, 0.15) is 21.5 Å². The first-order chi connectivity index (χ1) is 16.4. The highest BCUT2D eigenvalue weighted by Crippen LogP contribution is 2.29. The van der Waals surface area contributed by atoms with E-state index >= 15 is 0 Å². The highest BCUT2D eigenvalue weighted by atomic mass is 35.5. The Labute approximate surface area is 198 Å². The third kappa shape index (κ3) is 5.76. The van der Waals surface area contributed by atoms with Crippen molar-refractivity contribution in [2.24, 2.45) is 0 Å². The number of nitrogens with one attached hydrogen (secondary N) is 1. The van der Waals surface area contributed by atoms with Crippen molar-refractivity contribution in [1.82, 2.24) is 9.78 Å². The second-order valence-electron chi connectivity index (χ2n) is 7.34. The van der Waals surface area contributed by atoms with Crippen LogP contribution in [-0.2, 0) is 13.2 Å². The number of ether oxygens (including phenoxy) is 1. The van der Waals surface area contributed by atoms with Gasteiger partial charge in [-0.2, -0.15) is 5.10 Å². The number of hydrogen-bond donors (Lipinski definition) is 1. The molecular formula is C24H18ClFN4O4. The molecule has 0 radical (unpaired) electrons. The summed E-state index contributed by atoms with van der Waals surface area (Å²) in [5.74, 6) is 0.0976. The second-order valence-corrected chi connectivity index (χ2v) is 7.74. The summed E-state index contributed by atoms with van der Waals surface area (Å²) in [6, 6.07) is 18.6. The molecular weight excluding hydrogens is 463 g/mol. The summed E-state index contributed by atoms with van der Waals surface area (Å²) in [6.07, 6.45) is 1.72. The Bertz CT molecular complexity index is 1320. The van der Waals surface area contributed by atoms with Crippen LogP contribution in [0, 0.1) is 15.9 Å². The number of amides is 1. The highest BCUT2D eigenvalue weighted by molar-refractivity contribution is 6.32. The van der Waals surface area contributed by atoms with Crippen LogP contribution in [0.15, 0.2) is 79.0 Å². The zero-order chi connectivity index (χ0) is 24.1. The summed E-state index contributed by atoms with van der Waals surface area (Å²) in [4.78, 5) is 22.8. The van der Waals surface area contributed by atoms with E-state index in [1.807, 2.05) is 0 Å². The molecule has 0 fully saturated rings. The Balaban J connectivity index is 1.32. The van der Waals surface area contributed by atoms with Gasteiger partial charge in [-0.25, -0.2) is 4.39 Å². The maximum absolute atomic E-state index is 13.0. The lowest BCUT2D eigenvalue weighted by atomic mass is 10.1. The van der Waals surface area contributed by atoms with Gasteiger partial charge in [-0.15, -0.1) is 0 Å². The molecule has 1 aromatic heterocycles. The first kappa shape index (κ1) is 22.9. The monoisotopic (exact) mass is 480 g/mol. The van der Waals surface area contributed by atoms with Gasteiger partial charge in [0.1, 0.15) is 18.2 Å². The quantitative estimate of drug-likeness (QED) is 0.266. The summed E-state index contributed by atoms with van der Waals surface area (Å²) >= 11 is 6.03. The van der Waals surface area contributed by atoms with E-state index in [9.17, 15) is 19.3 Å². The zero-order valence-electron chi connectivity index (χ0n) is 17.7. The molecule has 1 N–H and O–H groups in total. The number of benzene rings is 3. The fourth-order valence-electron chi connectivity index (χ4n) is 3.12. The van der Waals surface area contributed by atoms with Crippen molar-refractivity contribution in [3.8, 4) is 5.75 Å². The lowest BCUT2D eigenvalue weighted by Gasteiger charge is -2.09. The average molecular weight is 481 g/mol. The minimum absolute atomic E-state index is 0.118. The number of rotatable bonds is 8. The molecule has 4 aromatic rings. The minimum Gasteiger partial charge on any atom is -0.487 e. The predicted molar refractivity (Wildman–Crippen MR) is 125 cm³/mol. The molecule has 0 spiro atoms. The molecule has 0 aliphatic carbocycles. The molecule has 172 valence electrons. The number of nitro benzene ring substituents is 1. The standard InChI is InChI=1S/C24H18ClFN4O4/c25-21-13-20(30(32)33)9-10-22(21)34-15-17-1-5-18(6-2-17)24(31)27-23-11-12-29(28-23)14-16-3-7-19(26)8-4-16/h1-13H,14-15H2,(H,27,28,31). The van der Waals surface area contributed by atoms with Crippen molar-refractivity contribution in [2.75, 3.05) is 5.32 Å². The number of halogens is 2. The van der Waals surface area contributed by atoms with Crippen molar-refractivity contribution in [1.29, 1.82) is 0 Å². The molecule has 34 heavy (non-hydrogen) atoms. The van der Waals surface area contributed by atoms with Gasteiger partial charge in [-0.3, -0.25) is 19.6 Å². The summed E-state index contributed by atoms with van der Waals surface area (Å²) in [5.41, 5.74) is 1.99. The minimum atomic E-state index is -0.532. The third-order valence-corrected chi connectivity index (χ3v) is 5.17. The highest BCUT2D eigenvalue weighted by Gasteiger charge is 2.11. The molecule has 8 nitrogen and oxygen atoms in total. The molecule has 0 aliphatic heterocycles. The number of hydrogen-bond acceptors (Lipinski definition) is 5. The number of non-ortho nitro benzene ring substituents is 1. The number of anilines is 1. The van der Waals surface area contributed by atoms with Crippen LogP contribution in [0.4, 0.5) is 15.9 Å². The molecule has 3 aromatic carbocycles. The van der Waals surface area contributed by atoms with Gasteiger partial charge in [0.2, 0.25) is 0 Å².